The molecule has 2 heterocycles. The molecule has 86 valence electrons. The third-order valence-corrected chi connectivity index (χ3v) is 4.30. The fourth-order valence-corrected chi connectivity index (χ4v) is 3.06. The molecule has 0 bridgehead atoms. The number of aromatic amines is 1. The van der Waals surface area contributed by atoms with Crippen LogP contribution >= 0.6 is 23.1 Å². The molecule has 0 aromatic carbocycles. The van der Waals surface area contributed by atoms with Crippen molar-refractivity contribution in [2.45, 2.75) is 25.4 Å². The first-order chi connectivity index (χ1) is 7.63. The normalized spacial score (nSPS) is 11.1. The van der Waals surface area contributed by atoms with Crippen LogP contribution in [0.1, 0.15) is 27.9 Å². The first-order valence-electron chi connectivity index (χ1n) is 4.98. The summed E-state index contributed by atoms with van der Waals surface area (Å²) in [5.74, 6) is 0.0971. The maximum Gasteiger partial charge on any atom is 0.348 e. The van der Waals surface area contributed by atoms with Gasteiger partial charge in [-0.2, -0.15) is 0 Å². The second kappa shape index (κ2) is 4.47. The molecule has 2 rings (SSSR count). The highest BCUT2D eigenvalue weighted by molar-refractivity contribution is 7.99. The standard InChI is InChI=1S/C10H12N2O2S2/c1-3-4-15-10-11-6-5(2)16-8(9(13)14)7(6)12-10/h3-4H2,1-2H3,(H,11,12)(H,13,14). The number of carboxylic acids is 1. The average Bonchev–Trinajstić information content (AvgIpc) is 2.76. The lowest BCUT2D eigenvalue weighted by Crippen LogP contribution is -1.92. The number of nitrogens with one attached hydrogen (secondary N) is 1. The molecule has 2 N–H and O–H groups in total. The summed E-state index contributed by atoms with van der Waals surface area (Å²) in [6.45, 7) is 4.00. The van der Waals surface area contributed by atoms with E-state index in [1.54, 1.807) is 11.8 Å². The summed E-state index contributed by atoms with van der Waals surface area (Å²) in [5.41, 5.74) is 1.45. The van der Waals surface area contributed by atoms with Gasteiger partial charge in [0, 0.05) is 10.6 Å². The Hall–Kier alpha value is -1.01. The number of carboxylic acid groups (broad SMARTS) is 1. The molecule has 0 spiro atoms. The van der Waals surface area contributed by atoms with Crippen molar-refractivity contribution in [2.75, 3.05) is 5.75 Å². The maximum absolute atomic E-state index is 11.0. The minimum atomic E-state index is -0.890. The topological polar surface area (TPSA) is 66.0 Å². The second-order valence-corrected chi connectivity index (χ2v) is 5.71. The van der Waals surface area contributed by atoms with Crippen molar-refractivity contribution < 1.29 is 9.90 Å². The summed E-state index contributed by atoms with van der Waals surface area (Å²) in [6.07, 6.45) is 1.07. The predicted molar refractivity (Wildman–Crippen MR) is 66.7 cm³/mol. The van der Waals surface area contributed by atoms with E-state index in [0.717, 1.165) is 27.7 Å². The number of fused-ring (bicyclic) bond motifs is 1. The second-order valence-electron chi connectivity index (χ2n) is 3.41. The quantitative estimate of drug-likeness (QED) is 0.825. The molecular formula is C10H12N2O2S2. The van der Waals surface area contributed by atoms with E-state index in [4.69, 9.17) is 5.11 Å². The van der Waals surface area contributed by atoms with Gasteiger partial charge in [-0.25, -0.2) is 9.78 Å². The first kappa shape index (κ1) is 11.5. The fourth-order valence-electron chi connectivity index (χ4n) is 1.44. The van der Waals surface area contributed by atoms with E-state index in [2.05, 4.69) is 16.9 Å². The first-order valence-corrected chi connectivity index (χ1v) is 6.79. The van der Waals surface area contributed by atoms with E-state index < -0.39 is 5.97 Å². The number of aryl methyl sites for hydroxylation is 1. The highest BCUT2D eigenvalue weighted by atomic mass is 32.2. The SMILES string of the molecule is CCCSc1nc2c(C)sc(C(=O)O)c2[nH]1. The number of carbonyl (C=O) groups is 1. The number of aromatic carboxylic acids is 1. The van der Waals surface area contributed by atoms with Gasteiger partial charge in [-0.05, 0) is 13.3 Å². The van der Waals surface area contributed by atoms with E-state index in [9.17, 15) is 4.79 Å². The number of thioether (sulfide) groups is 1. The summed E-state index contributed by atoms with van der Waals surface area (Å²) in [7, 11) is 0. The molecule has 16 heavy (non-hydrogen) atoms. The molecule has 0 aliphatic carbocycles. The van der Waals surface area contributed by atoms with Gasteiger partial charge in [0.05, 0.1) is 5.52 Å². The number of H-pyrrole nitrogens is 1. The summed E-state index contributed by atoms with van der Waals surface area (Å²) in [5, 5.41) is 9.85. The number of hydrogen-bond donors (Lipinski definition) is 2. The molecule has 4 nitrogen and oxygen atoms in total. The number of aromatic nitrogens is 2. The van der Waals surface area contributed by atoms with Crippen LogP contribution in [0.3, 0.4) is 0 Å². The smallest absolute Gasteiger partial charge is 0.348 e. The lowest BCUT2D eigenvalue weighted by Gasteiger charge is -1.92. The average molecular weight is 256 g/mol. The summed E-state index contributed by atoms with van der Waals surface area (Å²) >= 11 is 2.90. The molecule has 2 aromatic heterocycles. The number of thiophene rings is 1. The molecule has 0 aliphatic heterocycles. The molecule has 0 saturated carbocycles. The van der Waals surface area contributed by atoms with Gasteiger partial charge in [0.2, 0.25) is 0 Å². The highest BCUT2D eigenvalue weighted by Gasteiger charge is 2.18. The third kappa shape index (κ3) is 1.94. The molecule has 0 radical (unpaired) electrons. The van der Waals surface area contributed by atoms with Gasteiger partial charge in [0.25, 0.3) is 0 Å². The molecular weight excluding hydrogens is 244 g/mol. The third-order valence-electron chi connectivity index (χ3n) is 2.13. The number of hydrogen-bond acceptors (Lipinski definition) is 4. The molecule has 0 unspecified atom stereocenters. The molecule has 0 amide bonds. The Morgan fingerprint density at radius 3 is 3.00 bits per heavy atom. The van der Waals surface area contributed by atoms with Gasteiger partial charge >= 0.3 is 5.97 Å². The zero-order valence-corrected chi connectivity index (χ0v) is 10.7. The van der Waals surface area contributed by atoms with Crippen LogP contribution < -0.4 is 0 Å². The molecule has 2 aromatic rings. The van der Waals surface area contributed by atoms with Crippen LogP contribution in [0.5, 0.6) is 0 Å². The van der Waals surface area contributed by atoms with Crippen molar-refractivity contribution in [3.63, 3.8) is 0 Å². The monoisotopic (exact) mass is 256 g/mol. The maximum atomic E-state index is 11.0. The number of imidazole rings is 1. The minimum absolute atomic E-state index is 0.350. The van der Waals surface area contributed by atoms with Gasteiger partial charge in [-0.1, -0.05) is 18.7 Å². The van der Waals surface area contributed by atoms with E-state index in [0.29, 0.717) is 10.4 Å². The van der Waals surface area contributed by atoms with Crippen LogP contribution in [-0.4, -0.2) is 26.8 Å². The van der Waals surface area contributed by atoms with Crippen molar-refractivity contribution in [3.8, 4) is 0 Å². The van der Waals surface area contributed by atoms with E-state index >= 15 is 0 Å². The summed E-state index contributed by atoms with van der Waals surface area (Å²) in [4.78, 5) is 19.8. The van der Waals surface area contributed by atoms with Crippen molar-refractivity contribution >= 4 is 40.1 Å². The predicted octanol–water partition coefficient (Wildman–Crippen LogP) is 3.13. The Balaban J connectivity index is 2.44. The van der Waals surface area contributed by atoms with Gasteiger partial charge < -0.3 is 10.1 Å². The Morgan fingerprint density at radius 1 is 1.62 bits per heavy atom. The fraction of sp³-hybridized carbons (Fsp3) is 0.400. The summed E-state index contributed by atoms with van der Waals surface area (Å²) in [6, 6.07) is 0. The van der Waals surface area contributed by atoms with Crippen LogP contribution in [0, 0.1) is 6.92 Å². The Kier molecular flexibility index (Phi) is 3.20. The molecule has 0 atom stereocenters. The lowest BCUT2D eigenvalue weighted by molar-refractivity contribution is 0.0704. The zero-order chi connectivity index (χ0) is 11.7. The van der Waals surface area contributed by atoms with Crippen molar-refractivity contribution in [1.29, 1.82) is 0 Å². The van der Waals surface area contributed by atoms with Crippen molar-refractivity contribution in [3.05, 3.63) is 9.75 Å². The minimum Gasteiger partial charge on any atom is -0.477 e. The van der Waals surface area contributed by atoms with Crippen molar-refractivity contribution in [2.24, 2.45) is 0 Å². The molecule has 0 fully saturated rings. The zero-order valence-electron chi connectivity index (χ0n) is 9.03. The Labute approximate surface area is 101 Å². The largest absolute Gasteiger partial charge is 0.477 e. The van der Waals surface area contributed by atoms with Crippen LogP contribution in [0.2, 0.25) is 0 Å². The Bertz CT molecular complexity index is 530. The molecule has 0 aliphatic rings. The van der Waals surface area contributed by atoms with Gasteiger partial charge in [-0.3, -0.25) is 0 Å². The van der Waals surface area contributed by atoms with Crippen molar-refractivity contribution in [1.82, 2.24) is 9.97 Å². The van der Waals surface area contributed by atoms with Crippen LogP contribution in [0.15, 0.2) is 5.16 Å². The van der Waals surface area contributed by atoms with Crippen LogP contribution in [-0.2, 0) is 0 Å². The lowest BCUT2D eigenvalue weighted by atomic mass is 10.3. The number of nitrogens with zero attached hydrogens (tertiary/aromatic N) is 1. The van der Waals surface area contributed by atoms with E-state index in [-0.39, 0.29) is 0 Å². The van der Waals surface area contributed by atoms with E-state index in [1.165, 1.54) is 11.3 Å². The Morgan fingerprint density at radius 2 is 2.38 bits per heavy atom. The van der Waals surface area contributed by atoms with E-state index in [1.807, 2.05) is 6.92 Å². The van der Waals surface area contributed by atoms with Crippen LogP contribution in [0.25, 0.3) is 11.0 Å². The summed E-state index contributed by atoms with van der Waals surface area (Å²) < 4.78 is 0. The molecule has 6 heteroatoms. The van der Waals surface area contributed by atoms with Gasteiger partial charge in [-0.15, -0.1) is 11.3 Å². The number of rotatable bonds is 4. The molecule has 0 saturated heterocycles. The highest BCUT2D eigenvalue weighted by Crippen LogP contribution is 2.31. The van der Waals surface area contributed by atoms with Crippen LogP contribution in [0.4, 0.5) is 0 Å². The van der Waals surface area contributed by atoms with Gasteiger partial charge in [0.1, 0.15) is 10.4 Å². The van der Waals surface area contributed by atoms with Gasteiger partial charge in [0.15, 0.2) is 5.16 Å².